The molecule has 1 heterocycles. The van der Waals surface area contributed by atoms with Crippen molar-refractivity contribution in [2.24, 2.45) is 17.3 Å². The number of halogens is 2. The molecule has 0 radical (unpaired) electrons. The third-order valence-electron chi connectivity index (χ3n) is 4.03. The molecule has 1 aliphatic heterocycles. The summed E-state index contributed by atoms with van der Waals surface area (Å²) in [6, 6.07) is 0. The smallest absolute Gasteiger partial charge is 0.224 e. The number of hydrogen-bond donors (Lipinski definition) is 1. The number of amides is 1. The van der Waals surface area contributed by atoms with Gasteiger partial charge in [0.15, 0.2) is 0 Å². The summed E-state index contributed by atoms with van der Waals surface area (Å²) < 4.78 is 5.72. The quantitative estimate of drug-likeness (QED) is 0.865. The van der Waals surface area contributed by atoms with Gasteiger partial charge in [-0.05, 0) is 30.3 Å². The first-order chi connectivity index (χ1) is 8.43. The lowest BCUT2D eigenvalue weighted by Gasteiger charge is -2.11. The molecule has 5 heteroatoms. The van der Waals surface area contributed by atoms with Crippen LogP contribution in [0.4, 0.5) is 0 Å². The van der Waals surface area contributed by atoms with Gasteiger partial charge in [0.05, 0.1) is 12.0 Å². The molecule has 1 N–H and O–H groups in total. The van der Waals surface area contributed by atoms with E-state index in [4.69, 9.17) is 27.9 Å². The zero-order valence-corrected chi connectivity index (χ0v) is 12.2. The average Bonchev–Trinajstić information content (AvgIpc) is 2.70. The van der Waals surface area contributed by atoms with Crippen LogP contribution in [0.2, 0.25) is 0 Å². The van der Waals surface area contributed by atoms with Crippen molar-refractivity contribution in [3.8, 4) is 0 Å². The zero-order valence-electron chi connectivity index (χ0n) is 10.7. The Hall–Kier alpha value is -0.250. The minimum atomic E-state index is -0.0599. The zero-order chi connectivity index (χ0) is 13.3. The highest BCUT2D eigenvalue weighted by Gasteiger charge is 2.60. The highest BCUT2D eigenvalue weighted by atomic mass is 35.5. The van der Waals surface area contributed by atoms with E-state index in [2.05, 4.69) is 19.2 Å². The summed E-state index contributed by atoms with van der Waals surface area (Å²) in [4.78, 5) is 12.1. The minimum absolute atomic E-state index is 0.0357. The average molecular weight is 292 g/mol. The topological polar surface area (TPSA) is 38.3 Å². The van der Waals surface area contributed by atoms with Gasteiger partial charge in [0.25, 0.3) is 0 Å². The summed E-state index contributed by atoms with van der Waals surface area (Å²) >= 11 is 11.3. The molecule has 0 aromatic carbocycles. The largest absolute Gasteiger partial charge is 0.376 e. The Morgan fingerprint density at radius 3 is 2.78 bits per heavy atom. The van der Waals surface area contributed by atoms with E-state index in [1.165, 1.54) is 0 Å². The second-order valence-electron chi connectivity index (χ2n) is 5.66. The molecule has 1 saturated carbocycles. The van der Waals surface area contributed by atoms with Crippen LogP contribution in [0.3, 0.4) is 0 Å². The summed E-state index contributed by atoms with van der Waals surface area (Å²) in [5, 5.41) is 2.97. The number of nitrogens with one attached hydrogen (secondary N) is 1. The van der Waals surface area contributed by atoms with Gasteiger partial charge in [-0.25, -0.2) is 0 Å². The Kier molecular flexibility index (Phi) is 4.25. The van der Waals surface area contributed by atoms with Gasteiger partial charge in [0.1, 0.15) is 4.49 Å². The van der Waals surface area contributed by atoms with Crippen molar-refractivity contribution in [2.45, 2.75) is 32.8 Å². The van der Waals surface area contributed by atoms with Crippen molar-refractivity contribution in [2.75, 3.05) is 13.2 Å². The van der Waals surface area contributed by atoms with Gasteiger partial charge >= 0.3 is 0 Å². The molecule has 0 spiro atoms. The van der Waals surface area contributed by atoms with Crippen LogP contribution < -0.4 is 5.32 Å². The second-order valence-corrected chi connectivity index (χ2v) is 6.67. The lowest BCUT2D eigenvalue weighted by atomic mass is 10.1. The standard InChI is InChI=1S/C13H19Cl2NO2/c1-13(2)9(6-10(14)15)11(13)12(17)16-7-8-4-3-5-18-8/h6,8-9,11H,3-5,7H2,1-2H3,(H,16,17)/t8-,9+,11+/m0/s1. The van der Waals surface area contributed by atoms with Crippen molar-refractivity contribution in [1.29, 1.82) is 0 Å². The van der Waals surface area contributed by atoms with Crippen molar-refractivity contribution in [3.63, 3.8) is 0 Å². The van der Waals surface area contributed by atoms with E-state index in [0.29, 0.717) is 6.54 Å². The molecule has 18 heavy (non-hydrogen) atoms. The molecule has 2 aliphatic rings. The third-order valence-corrected chi connectivity index (χ3v) is 4.28. The molecular weight excluding hydrogens is 273 g/mol. The second kappa shape index (κ2) is 5.40. The SMILES string of the molecule is CC1(C)[C@H](C=C(Cl)Cl)[C@@H]1C(=O)NC[C@@H]1CCCO1. The predicted molar refractivity (Wildman–Crippen MR) is 72.5 cm³/mol. The molecule has 2 fully saturated rings. The van der Waals surface area contributed by atoms with Gasteiger partial charge in [0.2, 0.25) is 5.91 Å². The van der Waals surface area contributed by atoms with E-state index in [0.717, 1.165) is 19.4 Å². The number of carbonyl (C=O) groups is 1. The fourth-order valence-corrected chi connectivity index (χ4v) is 3.03. The van der Waals surface area contributed by atoms with E-state index < -0.39 is 0 Å². The Morgan fingerprint density at radius 2 is 2.22 bits per heavy atom. The molecule has 1 amide bonds. The molecule has 1 aliphatic carbocycles. The lowest BCUT2D eigenvalue weighted by Crippen LogP contribution is -2.33. The monoisotopic (exact) mass is 291 g/mol. The van der Waals surface area contributed by atoms with Crippen LogP contribution in [0.1, 0.15) is 26.7 Å². The molecule has 102 valence electrons. The van der Waals surface area contributed by atoms with Gasteiger partial charge in [-0.2, -0.15) is 0 Å². The lowest BCUT2D eigenvalue weighted by molar-refractivity contribution is -0.123. The number of allylic oxidation sites excluding steroid dienone is 1. The first kappa shape index (κ1) is 14.2. The predicted octanol–water partition coefficient (Wildman–Crippen LogP) is 2.87. The first-order valence-corrected chi connectivity index (χ1v) is 7.10. The van der Waals surface area contributed by atoms with E-state index in [-0.39, 0.29) is 33.8 Å². The summed E-state index contributed by atoms with van der Waals surface area (Å²) in [6.45, 7) is 5.53. The normalized spacial score (nSPS) is 33.0. The van der Waals surface area contributed by atoms with Crippen LogP contribution in [-0.4, -0.2) is 25.2 Å². The molecule has 1 saturated heterocycles. The van der Waals surface area contributed by atoms with Gasteiger partial charge in [0, 0.05) is 13.2 Å². The summed E-state index contributed by atoms with van der Waals surface area (Å²) in [5.41, 5.74) is -0.0599. The first-order valence-electron chi connectivity index (χ1n) is 6.35. The van der Waals surface area contributed by atoms with Crippen LogP contribution in [-0.2, 0) is 9.53 Å². The molecule has 0 unspecified atom stereocenters. The van der Waals surface area contributed by atoms with Gasteiger partial charge in [-0.15, -0.1) is 0 Å². The van der Waals surface area contributed by atoms with E-state index in [1.54, 1.807) is 6.08 Å². The molecule has 0 aromatic heterocycles. The summed E-state index contributed by atoms with van der Waals surface area (Å²) in [6.07, 6.45) is 4.06. The van der Waals surface area contributed by atoms with Crippen LogP contribution in [0.15, 0.2) is 10.6 Å². The molecule has 0 aromatic rings. The van der Waals surface area contributed by atoms with Crippen molar-refractivity contribution >= 4 is 29.1 Å². The Labute approximate surface area is 118 Å². The van der Waals surface area contributed by atoms with Crippen LogP contribution >= 0.6 is 23.2 Å². The molecule has 3 nitrogen and oxygen atoms in total. The Balaban J connectivity index is 1.84. The molecule has 2 rings (SSSR count). The van der Waals surface area contributed by atoms with E-state index >= 15 is 0 Å². The van der Waals surface area contributed by atoms with Gasteiger partial charge < -0.3 is 10.1 Å². The maximum Gasteiger partial charge on any atom is 0.224 e. The summed E-state index contributed by atoms with van der Waals surface area (Å²) in [5.74, 6) is 0.171. The number of carbonyl (C=O) groups excluding carboxylic acids is 1. The minimum Gasteiger partial charge on any atom is -0.376 e. The number of hydrogen-bond acceptors (Lipinski definition) is 2. The maximum absolute atomic E-state index is 12.1. The Bertz CT molecular complexity index is 358. The number of ether oxygens (including phenoxy) is 1. The van der Waals surface area contributed by atoms with Gasteiger partial charge in [-0.3, -0.25) is 4.79 Å². The highest BCUT2D eigenvalue weighted by Crippen LogP contribution is 2.59. The molecule has 3 atom stereocenters. The van der Waals surface area contributed by atoms with Crippen LogP contribution in [0.5, 0.6) is 0 Å². The number of rotatable bonds is 4. The van der Waals surface area contributed by atoms with Crippen molar-refractivity contribution < 1.29 is 9.53 Å². The molecule has 0 bridgehead atoms. The highest BCUT2D eigenvalue weighted by molar-refractivity contribution is 6.55. The van der Waals surface area contributed by atoms with Crippen LogP contribution in [0, 0.1) is 17.3 Å². The van der Waals surface area contributed by atoms with E-state index in [9.17, 15) is 4.79 Å². The third kappa shape index (κ3) is 3.01. The van der Waals surface area contributed by atoms with Crippen molar-refractivity contribution in [3.05, 3.63) is 10.6 Å². The Morgan fingerprint density at radius 1 is 1.50 bits per heavy atom. The van der Waals surface area contributed by atoms with Crippen LogP contribution in [0.25, 0.3) is 0 Å². The van der Waals surface area contributed by atoms with E-state index in [1.807, 2.05) is 0 Å². The fourth-order valence-electron chi connectivity index (χ4n) is 2.75. The van der Waals surface area contributed by atoms with Crippen molar-refractivity contribution in [1.82, 2.24) is 5.32 Å². The molecular formula is C13H19Cl2NO2. The van der Waals surface area contributed by atoms with Gasteiger partial charge in [-0.1, -0.05) is 37.0 Å². The summed E-state index contributed by atoms with van der Waals surface area (Å²) in [7, 11) is 0. The maximum atomic E-state index is 12.1. The fraction of sp³-hybridized carbons (Fsp3) is 0.769.